The molecule has 124 valence electrons. The van der Waals surface area contributed by atoms with Crippen LogP contribution in [-0.2, 0) is 13.1 Å². The number of aryl methyl sites for hydroxylation is 2. The number of benzene rings is 2. The van der Waals surface area contributed by atoms with E-state index in [0.717, 1.165) is 35.4 Å². The second-order valence-electron chi connectivity index (χ2n) is 6.07. The molecule has 0 fully saturated rings. The fourth-order valence-electron chi connectivity index (χ4n) is 2.85. The quantitative estimate of drug-likeness (QED) is 0.734. The van der Waals surface area contributed by atoms with Crippen LogP contribution in [0.15, 0.2) is 51.7 Å². The van der Waals surface area contributed by atoms with Crippen molar-refractivity contribution >= 4 is 11.0 Å². The summed E-state index contributed by atoms with van der Waals surface area (Å²) >= 11 is 0. The first-order valence-electron chi connectivity index (χ1n) is 8.05. The summed E-state index contributed by atoms with van der Waals surface area (Å²) in [5.41, 5.74) is 4.89. The summed E-state index contributed by atoms with van der Waals surface area (Å²) in [7, 11) is 1.67. The van der Waals surface area contributed by atoms with Gasteiger partial charge in [-0.2, -0.15) is 0 Å². The summed E-state index contributed by atoms with van der Waals surface area (Å²) in [6, 6.07) is 13.7. The molecule has 1 aromatic heterocycles. The highest BCUT2D eigenvalue weighted by Crippen LogP contribution is 2.21. The minimum Gasteiger partial charge on any atom is -0.497 e. The van der Waals surface area contributed by atoms with E-state index in [1.165, 1.54) is 11.1 Å². The van der Waals surface area contributed by atoms with Crippen molar-refractivity contribution in [1.82, 2.24) is 0 Å². The Kier molecular flexibility index (Phi) is 4.67. The van der Waals surface area contributed by atoms with Crippen molar-refractivity contribution in [3.63, 3.8) is 0 Å². The molecule has 0 aliphatic rings. The number of nitrogens with two attached hydrogens (primary N) is 1. The zero-order chi connectivity index (χ0) is 17.1. The SMILES string of the molecule is COc1cccc(C[NH2+]Cc2cc(=O)oc3cc(C)c(C)cc23)c1. The summed E-state index contributed by atoms with van der Waals surface area (Å²) in [6.45, 7) is 5.64. The van der Waals surface area contributed by atoms with Gasteiger partial charge in [0.05, 0.1) is 7.11 Å². The topological polar surface area (TPSA) is 56.0 Å². The highest BCUT2D eigenvalue weighted by molar-refractivity contribution is 5.81. The lowest BCUT2D eigenvalue weighted by Crippen LogP contribution is -2.80. The highest BCUT2D eigenvalue weighted by Gasteiger charge is 2.09. The first-order chi connectivity index (χ1) is 11.6. The lowest BCUT2D eigenvalue weighted by molar-refractivity contribution is -0.686. The second-order valence-corrected chi connectivity index (χ2v) is 6.07. The molecule has 2 N–H and O–H groups in total. The van der Waals surface area contributed by atoms with Crippen LogP contribution in [0.25, 0.3) is 11.0 Å². The van der Waals surface area contributed by atoms with Gasteiger partial charge in [0.15, 0.2) is 0 Å². The Bertz CT molecular complexity index is 928. The van der Waals surface area contributed by atoms with Crippen molar-refractivity contribution < 1.29 is 14.5 Å². The van der Waals surface area contributed by atoms with Gasteiger partial charge in [-0.1, -0.05) is 12.1 Å². The molecule has 3 rings (SSSR count). The predicted octanol–water partition coefficient (Wildman–Crippen LogP) is 2.68. The van der Waals surface area contributed by atoms with Gasteiger partial charge < -0.3 is 14.5 Å². The molecule has 0 unspecified atom stereocenters. The molecule has 0 saturated carbocycles. The average molecular weight is 324 g/mol. The average Bonchev–Trinajstić information content (AvgIpc) is 2.56. The number of rotatable bonds is 5. The number of hydrogen-bond acceptors (Lipinski definition) is 3. The minimum absolute atomic E-state index is 0.296. The molecular weight excluding hydrogens is 302 g/mol. The molecule has 0 bridgehead atoms. The Balaban J connectivity index is 1.82. The second kappa shape index (κ2) is 6.89. The maximum Gasteiger partial charge on any atom is 0.336 e. The van der Waals surface area contributed by atoms with Crippen molar-refractivity contribution in [1.29, 1.82) is 0 Å². The Morgan fingerprint density at radius 1 is 1.04 bits per heavy atom. The third kappa shape index (κ3) is 3.49. The van der Waals surface area contributed by atoms with Crippen LogP contribution >= 0.6 is 0 Å². The number of hydrogen-bond donors (Lipinski definition) is 1. The van der Waals surface area contributed by atoms with E-state index in [0.29, 0.717) is 5.58 Å². The van der Waals surface area contributed by atoms with Gasteiger partial charge >= 0.3 is 5.63 Å². The molecule has 0 aliphatic carbocycles. The summed E-state index contributed by atoms with van der Waals surface area (Å²) in [5, 5.41) is 3.19. The lowest BCUT2D eigenvalue weighted by atomic mass is 10.0. The molecular formula is C20H22NO3+. The van der Waals surface area contributed by atoms with Gasteiger partial charge in [0, 0.05) is 22.6 Å². The minimum atomic E-state index is -0.296. The largest absolute Gasteiger partial charge is 0.497 e. The molecule has 0 saturated heterocycles. The zero-order valence-corrected chi connectivity index (χ0v) is 14.3. The maximum absolute atomic E-state index is 11.8. The van der Waals surface area contributed by atoms with E-state index in [1.54, 1.807) is 13.2 Å². The summed E-state index contributed by atoms with van der Waals surface area (Å²) < 4.78 is 10.6. The molecule has 3 aromatic rings. The van der Waals surface area contributed by atoms with Gasteiger partial charge in [0.25, 0.3) is 0 Å². The van der Waals surface area contributed by atoms with E-state index >= 15 is 0 Å². The summed E-state index contributed by atoms with van der Waals surface area (Å²) in [6.07, 6.45) is 0. The van der Waals surface area contributed by atoms with Crippen LogP contribution < -0.4 is 15.7 Å². The number of fused-ring (bicyclic) bond motifs is 1. The van der Waals surface area contributed by atoms with E-state index in [2.05, 4.69) is 24.4 Å². The predicted molar refractivity (Wildman–Crippen MR) is 94.3 cm³/mol. The van der Waals surface area contributed by atoms with Crippen LogP contribution in [0.1, 0.15) is 22.3 Å². The van der Waals surface area contributed by atoms with Gasteiger partial charge in [-0.15, -0.1) is 0 Å². The molecule has 4 nitrogen and oxygen atoms in total. The Morgan fingerprint density at radius 2 is 1.83 bits per heavy atom. The summed E-state index contributed by atoms with van der Waals surface area (Å²) in [4.78, 5) is 11.8. The Morgan fingerprint density at radius 3 is 2.62 bits per heavy atom. The van der Waals surface area contributed by atoms with Crippen molar-refractivity contribution in [2.24, 2.45) is 0 Å². The molecule has 24 heavy (non-hydrogen) atoms. The van der Waals surface area contributed by atoms with Gasteiger partial charge in [-0.25, -0.2) is 4.79 Å². The van der Waals surface area contributed by atoms with E-state index < -0.39 is 0 Å². The molecule has 0 radical (unpaired) electrons. The third-order valence-corrected chi connectivity index (χ3v) is 4.32. The van der Waals surface area contributed by atoms with Crippen LogP contribution in [0.2, 0.25) is 0 Å². The zero-order valence-electron chi connectivity index (χ0n) is 14.3. The number of methoxy groups -OCH3 is 1. The third-order valence-electron chi connectivity index (χ3n) is 4.32. The van der Waals surface area contributed by atoms with Gasteiger partial charge in [-0.3, -0.25) is 0 Å². The Hall–Kier alpha value is -2.59. The van der Waals surface area contributed by atoms with Crippen molar-refractivity contribution in [2.45, 2.75) is 26.9 Å². The lowest BCUT2D eigenvalue weighted by Gasteiger charge is -2.08. The standard InChI is InChI=1S/C20H21NO3/c1-13-7-18-16(10-20(22)24-19(18)8-14(13)2)12-21-11-15-5-4-6-17(9-15)23-3/h4-10,21H,11-12H2,1-3H3/p+1. The van der Waals surface area contributed by atoms with Crippen LogP contribution in [0, 0.1) is 13.8 Å². The smallest absolute Gasteiger partial charge is 0.336 e. The van der Waals surface area contributed by atoms with Crippen LogP contribution in [0.4, 0.5) is 0 Å². The molecule has 0 atom stereocenters. The van der Waals surface area contributed by atoms with Crippen LogP contribution in [0.3, 0.4) is 0 Å². The molecule has 2 aromatic carbocycles. The van der Waals surface area contributed by atoms with Gasteiger partial charge in [0.1, 0.15) is 24.4 Å². The first kappa shape index (κ1) is 16.3. The maximum atomic E-state index is 11.8. The summed E-state index contributed by atoms with van der Waals surface area (Å²) in [5.74, 6) is 0.859. The monoisotopic (exact) mass is 324 g/mol. The van der Waals surface area contributed by atoms with Crippen molar-refractivity contribution in [3.8, 4) is 5.75 Å². The van der Waals surface area contributed by atoms with E-state index in [9.17, 15) is 4.79 Å². The van der Waals surface area contributed by atoms with Gasteiger partial charge in [-0.05, 0) is 49.2 Å². The van der Waals surface area contributed by atoms with E-state index in [4.69, 9.17) is 9.15 Å². The van der Waals surface area contributed by atoms with E-state index in [1.807, 2.05) is 31.2 Å². The molecule has 4 heteroatoms. The normalized spacial score (nSPS) is 11.0. The highest BCUT2D eigenvalue weighted by atomic mass is 16.5. The molecule has 0 aliphatic heterocycles. The van der Waals surface area contributed by atoms with E-state index in [-0.39, 0.29) is 5.63 Å². The first-order valence-corrected chi connectivity index (χ1v) is 8.05. The fraction of sp³-hybridized carbons (Fsp3) is 0.250. The number of ether oxygens (including phenoxy) is 1. The Labute approximate surface area is 141 Å². The van der Waals surface area contributed by atoms with Gasteiger partial charge in [0.2, 0.25) is 0 Å². The molecule has 0 amide bonds. The molecule has 1 heterocycles. The number of quaternary nitrogens is 1. The van der Waals surface area contributed by atoms with Crippen LogP contribution in [-0.4, -0.2) is 7.11 Å². The van der Waals surface area contributed by atoms with Crippen molar-refractivity contribution in [2.75, 3.05) is 7.11 Å². The molecule has 0 spiro atoms. The van der Waals surface area contributed by atoms with Crippen molar-refractivity contribution in [3.05, 3.63) is 75.1 Å². The van der Waals surface area contributed by atoms with Crippen LogP contribution in [0.5, 0.6) is 5.75 Å². The fourth-order valence-corrected chi connectivity index (χ4v) is 2.85.